The van der Waals surface area contributed by atoms with Crippen molar-refractivity contribution in [1.82, 2.24) is 10.2 Å². The van der Waals surface area contributed by atoms with E-state index in [2.05, 4.69) is 10.2 Å². The molecule has 1 aliphatic rings. The van der Waals surface area contributed by atoms with Gasteiger partial charge in [-0.25, -0.2) is 0 Å². The lowest BCUT2D eigenvalue weighted by Crippen LogP contribution is -2.50. The van der Waals surface area contributed by atoms with Crippen LogP contribution in [0.5, 0.6) is 0 Å². The van der Waals surface area contributed by atoms with Crippen LogP contribution in [0.15, 0.2) is 0 Å². The first kappa shape index (κ1) is 16.4. The van der Waals surface area contributed by atoms with Gasteiger partial charge in [0.1, 0.15) is 0 Å². The fraction of sp³-hybridized carbons (Fsp3) is 0.933. The highest BCUT2D eigenvalue weighted by atomic mass is 16.3. The highest BCUT2D eigenvalue weighted by molar-refractivity contribution is 5.81. The molecule has 4 heteroatoms. The molecule has 1 fully saturated rings. The molecule has 2 N–H and O–H groups in total. The van der Waals surface area contributed by atoms with E-state index in [-0.39, 0.29) is 17.9 Å². The van der Waals surface area contributed by atoms with Crippen molar-refractivity contribution in [3.05, 3.63) is 0 Å². The Balaban J connectivity index is 2.43. The Morgan fingerprint density at radius 3 is 2.21 bits per heavy atom. The summed E-state index contributed by atoms with van der Waals surface area (Å²) in [5.74, 6) is 0.157. The van der Waals surface area contributed by atoms with Gasteiger partial charge in [-0.3, -0.25) is 9.69 Å². The van der Waals surface area contributed by atoms with Crippen LogP contribution < -0.4 is 5.32 Å². The van der Waals surface area contributed by atoms with E-state index in [0.717, 1.165) is 13.1 Å². The summed E-state index contributed by atoms with van der Waals surface area (Å²) in [6.07, 6.45) is 4.91. The first-order valence-corrected chi connectivity index (χ1v) is 7.58. The van der Waals surface area contributed by atoms with E-state index in [4.69, 9.17) is 0 Å². The van der Waals surface area contributed by atoms with Crippen LogP contribution >= 0.6 is 0 Å². The van der Waals surface area contributed by atoms with Crippen molar-refractivity contribution in [3.8, 4) is 0 Å². The number of hydrogen-bond acceptors (Lipinski definition) is 3. The lowest BCUT2D eigenvalue weighted by molar-refractivity contribution is -0.127. The topological polar surface area (TPSA) is 52.6 Å². The second-order valence-electron chi connectivity index (χ2n) is 6.36. The van der Waals surface area contributed by atoms with Crippen LogP contribution in [0.4, 0.5) is 0 Å². The molecule has 0 aliphatic carbocycles. The molecule has 0 aromatic carbocycles. The molecule has 0 spiro atoms. The summed E-state index contributed by atoms with van der Waals surface area (Å²) in [6, 6.07) is -0.0962. The van der Waals surface area contributed by atoms with Crippen LogP contribution in [0.3, 0.4) is 0 Å². The Bertz CT molecular complexity index is 282. The highest BCUT2D eigenvalue weighted by Gasteiger charge is 2.28. The van der Waals surface area contributed by atoms with Gasteiger partial charge in [-0.05, 0) is 45.7 Å². The van der Waals surface area contributed by atoms with Crippen molar-refractivity contribution in [2.75, 3.05) is 19.6 Å². The predicted molar refractivity (Wildman–Crippen MR) is 78.0 cm³/mol. The maximum absolute atomic E-state index is 12.2. The molecule has 19 heavy (non-hydrogen) atoms. The predicted octanol–water partition coefficient (Wildman–Crippen LogP) is 1.77. The Morgan fingerprint density at radius 2 is 1.74 bits per heavy atom. The van der Waals surface area contributed by atoms with Crippen LogP contribution in [0, 0.1) is 5.92 Å². The summed E-state index contributed by atoms with van der Waals surface area (Å²) >= 11 is 0. The maximum Gasteiger partial charge on any atom is 0.237 e. The standard InChI is InChI=1S/C15H30N2O2/c1-12(2)15(4,19)11-16-14(18)13(3)17-9-7-5-6-8-10-17/h12-13,19H,5-11H2,1-4H3,(H,16,18)/t13-,15-/m1/s1. The largest absolute Gasteiger partial charge is 0.388 e. The van der Waals surface area contributed by atoms with Crippen molar-refractivity contribution < 1.29 is 9.90 Å². The molecule has 1 amide bonds. The molecule has 4 nitrogen and oxygen atoms in total. The number of carbonyl (C=O) groups is 1. The second-order valence-corrected chi connectivity index (χ2v) is 6.36. The number of likely N-dealkylation sites (tertiary alicyclic amines) is 1. The normalized spacial score (nSPS) is 22.6. The smallest absolute Gasteiger partial charge is 0.237 e. The Labute approximate surface area is 117 Å². The van der Waals surface area contributed by atoms with Crippen molar-refractivity contribution in [3.63, 3.8) is 0 Å². The van der Waals surface area contributed by atoms with Crippen LogP contribution in [-0.2, 0) is 4.79 Å². The van der Waals surface area contributed by atoms with E-state index >= 15 is 0 Å². The molecule has 2 atom stereocenters. The zero-order valence-corrected chi connectivity index (χ0v) is 12.9. The third-order valence-electron chi connectivity index (χ3n) is 4.43. The Hall–Kier alpha value is -0.610. The van der Waals surface area contributed by atoms with Crippen molar-refractivity contribution >= 4 is 5.91 Å². The molecule has 0 saturated carbocycles. The molecule has 0 bridgehead atoms. The second kappa shape index (κ2) is 7.25. The number of aliphatic hydroxyl groups is 1. The van der Waals surface area contributed by atoms with E-state index in [1.807, 2.05) is 20.8 Å². The third kappa shape index (κ3) is 5.11. The summed E-state index contributed by atoms with van der Waals surface area (Å²) < 4.78 is 0. The van der Waals surface area contributed by atoms with Gasteiger partial charge < -0.3 is 10.4 Å². The summed E-state index contributed by atoms with van der Waals surface area (Å²) in [5, 5.41) is 13.0. The molecule has 0 radical (unpaired) electrons. The Morgan fingerprint density at radius 1 is 1.21 bits per heavy atom. The number of amides is 1. The monoisotopic (exact) mass is 270 g/mol. The highest BCUT2D eigenvalue weighted by Crippen LogP contribution is 2.15. The number of carbonyl (C=O) groups excluding carboxylic acids is 1. The minimum absolute atomic E-state index is 0.0304. The van der Waals surface area contributed by atoms with E-state index in [0.29, 0.717) is 6.54 Å². The quantitative estimate of drug-likeness (QED) is 0.800. The molecule has 1 saturated heterocycles. The molecular formula is C15H30N2O2. The Kier molecular flexibility index (Phi) is 6.27. The fourth-order valence-electron chi connectivity index (χ4n) is 2.27. The number of nitrogens with one attached hydrogen (secondary N) is 1. The summed E-state index contributed by atoms with van der Waals surface area (Å²) in [7, 11) is 0. The van der Waals surface area contributed by atoms with Crippen molar-refractivity contribution in [2.24, 2.45) is 5.92 Å². The number of rotatable bonds is 5. The summed E-state index contributed by atoms with van der Waals surface area (Å²) in [6.45, 7) is 10.0. The van der Waals surface area contributed by atoms with Gasteiger partial charge in [-0.1, -0.05) is 26.7 Å². The van der Waals surface area contributed by atoms with Gasteiger partial charge in [0.2, 0.25) is 5.91 Å². The molecular weight excluding hydrogens is 240 g/mol. The first-order chi connectivity index (χ1) is 8.84. The van der Waals surface area contributed by atoms with Crippen LogP contribution in [0.2, 0.25) is 0 Å². The minimum Gasteiger partial charge on any atom is -0.388 e. The van der Waals surface area contributed by atoms with Crippen molar-refractivity contribution in [2.45, 2.75) is 65.0 Å². The van der Waals surface area contributed by atoms with E-state index in [1.54, 1.807) is 6.92 Å². The van der Waals surface area contributed by atoms with Gasteiger partial charge in [0.15, 0.2) is 0 Å². The van der Waals surface area contributed by atoms with Gasteiger partial charge in [0.05, 0.1) is 11.6 Å². The van der Waals surface area contributed by atoms with Crippen LogP contribution in [0.25, 0.3) is 0 Å². The molecule has 0 unspecified atom stereocenters. The SMILES string of the molecule is CC(C)[C@](C)(O)CNC(=O)[C@@H](C)N1CCCCCC1. The third-order valence-corrected chi connectivity index (χ3v) is 4.43. The van der Waals surface area contributed by atoms with Gasteiger partial charge in [0, 0.05) is 6.54 Å². The zero-order valence-electron chi connectivity index (χ0n) is 12.9. The molecule has 1 rings (SSSR count). The maximum atomic E-state index is 12.2. The lowest BCUT2D eigenvalue weighted by atomic mass is 9.92. The van der Waals surface area contributed by atoms with Crippen LogP contribution in [-0.4, -0.2) is 47.2 Å². The lowest BCUT2D eigenvalue weighted by Gasteiger charge is -2.31. The molecule has 0 aromatic heterocycles. The summed E-state index contributed by atoms with van der Waals surface area (Å²) in [4.78, 5) is 14.4. The molecule has 1 aliphatic heterocycles. The van der Waals surface area contributed by atoms with E-state index in [9.17, 15) is 9.90 Å². The van der Waals surface area contributed by atoms with Crippen LogP contribution in [0.1, 0.15) is 53.4 Å². The molecule has 0 aromatic rings. The van der Waals surface area contributed by atoms with E-state index < -0.39 is 5.60 Å². The fourth-order valence-corrected chi connectivity index (χ4v) is 2.27. The van der Waals surface area contributed by atoms with Gasteiger partial charge in [0.25, 0.3) is 0 Å². The number of nitrogens with zero attached hydrogens (tertiary/aromatic N) is 1. The summed E-state index contributed by atoms with van der Waals surface area (Å²) in [5.41, 5.74) is -0.839. The first-order valence-electron chi connectivity index (χ1n) is 7.58. The average molecular weight is 270 g/mol. The van der Waals surface area contributed by atoms with Crippen molar-refractivity contribution in [1.29, 1.82) is 0 Å². The minimum atomic E-state index is -0.839. The van der Waals surface area contributed by atoms with Gasteiger partial charge >= 0.3 is 0 Å². The van der Waals surface area contributed by atoms with Gasteiger partial charge in [-0.2, -0.15) is 0 Å². The number of hydrogen-bond donors (Lipinski definition) is 2. The average Bonchev–Trinajstić information content (AvgIpc) is 2.63. The van der Waals surface area contributed by atoms with E-state index in [1.165, 1.54) is 25.7 Å². The zero-order chi connectivity index (χ0) is 14.5. The molecule has 112 valence electrons. The molecule has 1 heterocycles. The van der Waals surface area contributed by atoms with Gasteiger partial charge in [-0.15, -0.1) is 0 Å².